The number of hydrogen-bond acceptors (Lipinski definition) is 4. The Balaban J connectivity index is 1.54. The van der Waals surface area contributed by atoms with Gasteiger partial charge < -0.3 is 4.52 Å². The molecule has 1 aromatic carbocycles. The van der Waals surface area contributed by atoms with Crippen molar-refractivity contribution in [3.8, 4) is 0 Å². The zero-order valence-electron chi connectivity index (χ0n) is 13.9. The van der Waals surface area contributed by atoms with Crippen molar-refractivity contribution in [1.82, 2.24) is 15.0 Å². The number of aromatic nitrogens is 2. The molecule has 4 nitrogen and oxygen atoms in total. The summed E-state index contributed by atoms with van der Waals surface area (Å²) in [4.78, 5) is 7.25. The third-order valence-electron chi connectivity index (χ3n) is 6.25. The van der Waals surface area contributed by atoms with Crippen LogP contribution < -0.4 is 0 Å². The minimum Gasteiger partial charge on any atom is -0.339 e. The van der Waals surface area contributed by atoms with Crippen LogP contribution in [0.5, 0.6) is 0 Å². The van der Waals surface area contributed by atoms with E-state index in [9.17, 15) is 4.39 Å². The predicted molar refractivity (Wildman–Crippen MR) is 87.3 cm³/mol. The Morgan fingerprint density at radius 3 is 2.67 bits per heavy atom. The van der Waals surface area contributed by atoms with Gasteiger partial charge in [-0.3, -0.25) is 4.90 Å². The van der Waals surface area contributed by atoms with Crippen molar-refractivity contribution >= 4 is 0 Å². The van der Waals surface area contributed by atoms with Crippen molar-refractivity contribution in [2.75, 3.05) is 7.05 Å². The Kier molecular flexibility index (Phi) is 3.27. The fourth-order valence-corrected chi connectivity index (χ4v) is 4.75. The summed E-state index contributed by atoms with van der Waals surface area (Å²) >= 11 is 0. The summed E-state index contributed by atoms with van der Waals surface area (Å²) in [6, 6.07) is 8.02. The van der Waals surface area contributed by atoms with Crippen LogP contribution in [0.1, 0.15) is 67.1 Å². The SMILES string of the molecule is CN1[C@@H]2CC[C@H]1[C@@H](c1nc(C3CC3)no1)[C@H](c1ccc(F)cc1)C2. The van der Waals surface area contributed by atoms with Crippen molar-refractivity contribution in [3.05, 3.63) is 47.4 Å². The lowest BCUT2D eigenvalue weighted by molar-refractivity contribution is 0.120. The van der Waals surface area contributed by atoms with Crippen molar-refractivity contribution in [3.63, 3.8) is 0 Å². The van der Waals surface area contributed by atoms with E-state index < -0.39 is 0 Å². The minimum atomic E-state index is -0.181. The number of benzene rings is 1. The number of fused-ring (bicyclic) bond motifs is 2. The molecule has 3 heterocycles. The molecular formula is C19H22FN3O. The van der Waals surface area contributed by atoms with Crippen molar-refractivity contribution in [2.24, 2.45) is 0 Å². The van der Waals surface area contributed by atoms with Crippen LogP contribution in [0.2, 0.25) is 0 Å². The quantitative estimate of drug-likeness (QED) is 0.859. The highest BCUT2D eigenvalue weighted by Gasteiger charge is 2.49. The van der Waals surface area contributed by atoms with Gasteiger partial charge in [-0.05, 0) is 62.8 Å². The monoisotopic (exact) mass is 327 g/mol. The van der Waals surface area contributed by atoms with E-state index in [4.69, 9.17) is 9.51 Å². The van der Waals surface area contributed by atoms with Gasteiger partial charge in [-0.1, -0.05) is 17.3 Å². The molecule has 5 rings (SSSR count). The van der Waals surface area contributed by atoms with Gasteiger partial charge in [0.25, 0.3) is 0 Å². The van der Waals surface area contributed by atoms with Crippen molar-refractivity contribution in [1.29, 1.82) is 0 Å². The van der Waals surface area contributed by atoms with Crippen LogP contribution in [0.4, 0.5) is 4.39 Å². The van der Waals surface area contributed by atoms with Crippen LogP contribution in [0, 0.1) is 5.82 Å². The van der Waals surface area contributed by atoms with Gasteiger partial charge in [0.15, 0.2) is 5.82 Å². The molecule has 3 aliphatic rings. The Hall–Kier alpha value is -1.75. The molecule has 1 aliphatic carbocycles. The number of hydrogen-bond donors (Lipinski definition) is 0. The number of halogens is 1. The van der Waals surface area contributed by atoms with Gasteiger partial charge in [-0.2, -0.15) is 4.98 Å². The van der Waals surface area contributed by atoms with Crippen LogP contribution in [0.15, 0.2) is 28.8 Å². The molecule has 0 radical (unpaired) electrons. The van der Waals surface area contributed by atoms with Crippen LogP contribution in [-0.4, -0.2) is 34.2 Å². The van der Waals surface area contributed by atoms with E-state index in [1.807, 2.05) is 12.1 Å². The predicted octanol–water partition coefficient (Wildman–Crippen LogP) is 3.82. The highest BCUT2D eigenvalue weighted by Crippen LogP contribution is 2.51. The molecule has 0 spiro atoms. The first-order chi connectivity index (χ1) is 11.7. The molecule has 2 saturated heterocycles. The summed E-state index contributed by atoms with van der Waals surface area (Å²) < 4.78 is 19.1. The fourth-order valence-electron chi connectivity index (χ4n) is 4.75. The maximum atomic E-state index is 13.4. The van der Waals surface area contributed by atoms with Gasteiger partial charge >= 0.3 is 0 Å². The average Bonchev–Trinajstić information content (AvgIpc) is 3.28. The molecule has 2 bridgehead atoms. The highest BCUT2D eigenvalue weighted by molar-refractivity contribution is 5.28. The summed E-state index contributed by atoms with van der Waals surface area (Å²) in [6.45, 7) is 0. The van der Waals surface area contributed by atoms with Crippen LogP contribution in [0.25, 0.3) is 0 Å². The summed E-state index contributed by atoms with van der Waals surface area (Å²) in [7, 11) is 2.22. The normalized spacial score (nSPS) is 33.1. The molecule has 2 aromatic rings. The second-order valence-corrected chi connectivity index (χ2v) is 7.65. The Morgan fingerprint density at radius 1 is 1.12 bits per heavy atom. The first-order valence-corrected chi connectivity index (χ1v) is 9.01. The van der Waals surface area contributed by atoms with E-state index >= 15 is 0 Å². The van der Waals surface area contributed by atoms with E-state index in [1.54, 1.807) is 12.1 Å². The van der Waals surface area contributed by atoms with E-state index in [0.717, 1.165) is 18.1 Å². The first-order valence-electron chi connectivity index (χ1n) is 9.01. The molecule has 5 heteroatoms. The van der Waals surface area contributed by atoms with Crippen LogP contribution in [0.3, 0.4) is 0 Å². The Labute approximate surface area is 141 Å². The van der Waals surface area contributed by atoms with Crippen LogP contribution in [-0.2, 0) is 0 Å². The maximum Gasteiger partial charge on any atom is 0.231 e. The van der Waals surface area contributed by atoms with Gasteiger partial charge in [0.2, 0.25) is 5.89 Å². The van der Waals surface area contributed by atoms with Gasteiger partial charge in [0.05, 0.1) is 5.92 Å². The minimum absolute atomic E-state index is 0.181. The lowest BCUT2D eigenvalue weighted by Gasteiger charge is -2.41. The summed E-state index contributed by atoms with van der Waals surface area (Å²) in [6.07, 6.45) is 5.82. The zero-order valence-corrected chi connectivity index (χ0v) is 13.9. The van der Waals surface area contributed by atoms with Gasteiger partial charge in [-0.15, -0.1) is 0 Å². The standard InChI is InChI=1S/C19H22FN3O/c1-23-14-8-9-16(23)17(19-21-18(22-24-19)12-2-3-12)15(10-14)11-4-6-13(20)7-5-11/h4-7,12,14-17H,2-3,8-10H2,1H3/t14-,15+,16+,17+/m1/s1. The van der Waals surface area contributed by atoms with Gasteiger partial charge in [-0.25, -0.2) is 4.39 Å². The summed E-state index contributed by atoms with van der Waals surface area (Å²) in [5, 5.41) is 4.24. The lowest BCUT2D eigenvalue weighted by atomic mass is 9.76. The van der Waals surface area contributed by atoms with E-state index in [2.05, 4.69) is 17.1 Å². The Bertz CT molecular complexity index is 739. The number of piperidine rings is 1. The summed E-state index contributed by atoms with van der Waals surface area (Å²) in [5.74, 6) is 2.52. The average molecular weight is 327 g/mol. The topological polar surface area (TPSA) is 42.2 Å². The number of likely N-dealkylation sites (N-methyl/N-ethyl adjacent to an activating group) is 1. The molecule has 3 fully saturated rings. The Morgan fingerprint density at radius 2 is 1.92 bits per heavy atom. The molecule has 0 N–H and O–H groups in total. The summed E-state index contributed by atoms with van der Waals surface area (Å²) in [5.41, 5.74) is 1.19. The molecule has 4 atom stereocenters. The second-order valence-electron chi connectivity index (χ2n) is 7.65. The zero-order chi connectivity index (χ0) is 16.3. The van der Waals surface area contributed by atoms with Crippen molar-refractivity contribution in [2.45, 2.75) is 61.9 Å². The second kappa shape index (κ2) is 5.38. The number of nitrogens with zero attached hydrogens (tertiary/aromatic N) is 3. The fraction of sp³-hybridized carbons (Fsp3) is 0.579. The van der Waals surface area contributed by atoms with E-state index in [1.165, 1.54) is 31.2 Å². The smallest absolute Gasteiger partial charge is 0.231 e. The largest absolute Gasteiger partial charge is 0.339 e. The lowest BCUT2D eigenvalue weighted by Crippen LogP contribution is -2.44. The molecule has 1 saturated carbocycles. The molecule has 0 amide bonds. The van der Waals surface area contributed by atoms with E-state index in [-0.39, 0.29) is 11.7 Å². The van der Waals surface area contributed by atoms with Crippen molar-refractivity contribution < 1.29 is 8.91 Å². The van der Waals surface area contributed by atoms with Gasteiger partial charge in [0, 0.05) is 18.0 Å². The molecule has 2 aliphatic heterocycles. The third-order valence-corrected chi connectivity index (χ3v) is 6.25. The molecule has 1 aromatic heterocycles. The molecule has 126 valence electrons. The van der Waals surface area contributed by atoms with Gasteiger partial charge in [0.1, 0.15) is 5.82 Å². The first kappa shape index (κ1) is 14.6. The maximum absolute atomic E-state index is 13.4. The highest BCUT2D eigenvalue weighted by atomic mass is 19.1. The molecular weight excluding hydrogens is 305 g/mol. The van der Waals surface area contributed by atoms with Crippen LogP contribution >= 0.6 is 0 Å². The third kappa shape index (κ3) is 2.29. The number of rotatable bonds is 3. The van der Waals surface area contributed by atoms with E-state index in [0.29, 0.717) is 23.9 Å². The molecule has 24 heavy (non-hydrogen) atoms. The molecule has 0 unspecified atom stereocenters.